The fourth-order valence-electron chi connectivity index (χ4n) is 3.92. The molecule has 1 fully saturated rings. The molecule has 0 radical (unpaired) electrons. The molecule has 0 saturated carbocycles. The van der Waals surface area contributed by atoms with Crippen LogP contribution >= 0.6 is 0 Å². The molecule has 0 unspecified atom stereocenters. The highest BCUT2D eigenvalue weighted by atomic mass is 16.5. The van der Waals surface area contributed by atoms with Crippen LogP contribution in [0.4, 0.5) is 0 Å². The van der Waals surface area contributed by atoms with Crippen LogP contribution in [-0.2, 0) is 17.8 Å². The lowest BCUT2D eigenvalue weighted by atomic mass is 9.79. The average Bonchev–Trinajstić information content (AvgIpc) is 2.53. The van der Waals surface area contributed by atoms with Crippen molar-refractivity contribution in [1.29, 1.82) is 0 Å². The van der Waals surface area contributed by atoms with Crippen LogP contribution in [0.15, 0.2) is 24.3 Å². The van der Waals surface area contributed by atoms with Gasteiger partial charge in [-0.25, -0.2) is 0 Å². The van der Waals surface area contributed by atoms with Crippen LogP contribution in [0.1, 0.15) is 51.7 Å². The number of carbonyl (C=O) groups is 1. The molecule has 1 amide bonds. The van der Waals surface area contributed by atoms with E-state index in [1.165, 1.54) is 5.06 Å². The van der Waals surface area contributed by atoms with Gasteiger partial charge in [-0.2, -0.15) is 5.06 Å². The summed E-state index contributed by atoms with van der Waals surface area (Å²) in [7, 11) is 1.86. The van der Waals surface area contributed by atoms with Gasteiger partial charge in [0.15, 0.2) is 0 Å². The van der Waals surface area contributed by atoms with Crippen LogP contribution in [-0.4, -0.2) is 45.2 Å². The van der Waals surface area contributed by atoms with Crippen molar-refractivity contribution in [2.75, 3.05) is 7.05 Å². The smallest absolute Gasteiger partial charge is 0.224 e. The molecular formula is C21H31N3O2. The maximum atomic E-state index is 12.5. The first kappa shape index (κ1) is 20.3. The third kappa shape index (κ3) is 5.00. The number of hydroxylamine groups is 2. The van der Waals surface area contributed by atoms with Crippen molar-refractivity contribution in [3.8, 4) is 12.5 Å². The summed E-state index contributed by atoms with van der Waals surface area (Å²) in [6, 6.07) is 10.6. The zero-order chi connectivity index (χ0) is 19.5. The van der Waals surface area contributed by atoms with Gasteiger partial charge in [0.1, 0.15) is 0 Å². The van der Waals surface area contributed by atoms with Crippen LogP contribution < -0.4 is 5.32 Å². The van der Waals surface area contributed by atoms with Gasteiger partial charge in [0.25, 0.3) is 0 Å². The monoisotopic (exact) mass is 357 g/mol. The Morgan fingerprint density at radius 2 is 1.73 bits per heavy atom. The summed E-state index contributed by atoms with van der Waals surface area (Å²) in [6.07, 6.45) is 7.14. The van der Waals surface area contributed by atoms with E-state index in [0.29, 0.717) is 13.0 Å². The first-order valence-electron chi connectivity index (χ1n) is 9.07. The Bertz CT molecular complexity index is 655. The minimum absolute atomic E-state index is 0.0153. The van der Waals surface area contributed by atoms with E-state index in [1.807, 2.05) is 59.0 Å². The van der Waals surface area contributed by atoms with Crippen LogP contribution in [0.5, 0.6) is 0 Å². The first-order chi connectivity index (χ1) is 12.0. The number of hydrogen-bond donors (Lipinski definition) is 2. The largest absolute Gasteiger partial charge is 0.353 e. The summed E-state index contributed by atoms with van der Waals surface area (Å²) in [5, 5.41) is 14.9. The summed E-state index contributed by atoms with van der Waals surface area (Å²) >= 11 is 0. The van der Waals surface area contributed by atoms with Crippen LogP contribution in [0.3, 0.4) is 0 Å². The minimum Gasteiger partial charge on any atom is -0.353 e. The van der Waals surface area contributed by atoms with Gasteiger partial charge < -0.3 is 15.4 Å². The SMILES string of the molecule is C#CN(C)Cc1ccc(CC(=O)NC2CC(C)(C)N(O)C(C)(C)C2)cc1. The second-order valence-electron chi connectivity index (χ2n) is 8.59. The van der Waals surface area contributed by atoms with Crippen LogP contribution in [0.2, 0.25) is 0 Å². The molecule has 1 aromatic carbocycles. The summed E-state index contributed by atoms with van der Waals surface area (Å²) in [5.41, 5.74) is 1.36. The third-order valence-electron chi connectivity index (χ3n) is 5.03. The Morgan fingerprint density at radius 1 is 1.23 bits per heavy atom. The van der Waals surface area contributed by atoms with E-state index in [-0.39, 0.29) is 23.0 Å². The fourth-order valence-corrected chi connectivity index (χ4v) is 3.92. The predicted octanol–water partition coefficient (Wildman–Crippen LogP) is 2.78. The Morgan fingerprint density at radius 3 is 2.23 bits per heavy atom. The van der Waals surface area contributed by atoms with Gasteiger partial charge in [-0.15, -0.1) is 0 Å². The molecule has 0 atom stereocenters. The fraction of sp³-hybridized carbons (Fsp3) is 0.571. The molecule has 0 bridgehead atoms. The Hall–Kier alpha value is -2.03. The lowest BCUT2D eigenvalue weighted by molar-refractivity contribution is -0.246. The van der Waals surface area contributed by atoms with Gasteiger partial charge in [-0.1, -0.05) is 30.7 Å². The van der Waals surface area contributed by atoms with Gasteiger partial charge in [0.2, 0.25) is 5.91 Å². The van der Waals surface area contributed by atoms with E-state index in [0.717, 1.165) is 24.0 Å². The summed E-state index contributed by atoms with van der Waals surface area (Å²) in [6.45, 7) is 8.68. The Balaban J connectivity index is 1.93. The van der Waals surface area contributed by atoms with E-state index in [2.05, 4.69) is 11.4 Å². The summed E-state index contributed by atoms with van der Waals surface area (Å²) in [4.78, 5) is 14.2. The van der Waals surface area contributed by atoms with Gasteiger partial charge in [0.05, 0.1) is 13.0 Å². The zero-order valence-corrected chi connectivity index (χ0v) is 16.5. The molecule has 0 spiro atoms. The van der Waals surface area contributed by atoms with Crippen molar-refractivity contribution < 1.29 is 10.0 Å². The van der Waals surface area contributed by atoms with Crippen LogP contribution in [0.25, 0.3) is 0 Å². The molecule has 142 valence electrons. The molecule has 0 aliphatic carbocycles. The zero-order valence-electron chi connectivity index (χ0n) is 16.5. The van der Waals surface area contributed by atoms with E-state index in [1.54, 1.807) is 4.90 Å². The normalized spacial score (nSPS) is 19.6. The number of piperidine rings is 1. The molecule has 5 heteroatoms. The number of hydrogen-bond acceptors (Lipinski definition) is 4. The lowest BCUT2D eigenvalue weighted by Crippen LogP contribution is -2.63. The van der Waals surface area contributed by atoms with Crippen LogP contribution in [0, 0.1) is 12.5 Å². The second-order valence-corrected chi connectivity index (χ2v) is 8.59. The molecule has 5 nitrogen and oxygen atoms in total. The highest BCUT2D eigenvalue weighted by Crippen LogP contribution is 2.36. The van der Waals surface area contributed by atoms with Crippen molar-refractivity contribution >= 4 is 5.91 Å². The molecule has 1 saturated heterocycles. The van der Waals surface area contributed by atoms with Gasteiger partial charge >= 0.3 is 0 Å². The number of rotatable bonds is 5. The van der Waals surface area contributed by atoms with Gasteiger partial charge in [0, 0.05) is 30.2 Å². The molecule has 2 rings (SSSR count). The molecule has 1 heterocycles. The average molecular weight is 357 g/mol. The van der Waals surface area contributed by atoms with E-state index in [9.17, 15) is 10.0 Å². The number of terminal acetylenes is 1. The second kappa shape index (κ2) is 7.69. The van der Waals surface area contributed by atoms with E-state index < -0.39 is 0 Å². The summed E-state index contributed by atoms with van der Waals surface area (Å²) < 4.78 is 0. The lowest BCUT2D eigenvalue weighted by Gasteiger charge is -2.51. The Kier molecular flexibility index (Phi) is 6.00. The molecule has 26 heavy (non-hydrogen) atoms. The van der Waals surface area contributed by atoms with Crippen molar-refractivity contribution in [2.24, 2.45) is 0 Å². The standard InChI is InChI=1S/C21H31N3O2/c1-7-23(6)15-17-10-8-16(9-11-17)12-19(25)22-18-13-20(2,3)24(26)21(4,5)14-18/h1,8-11,18,26H,12-15H2,2-6H3,(H,22,25). The number of nitrogens with zero attached hydrogens (tertiary/aromatic N) is 2. The first-order valence-corrected chi connectivity index (χ1v) is 9.07. The van der Waals surface area contributed by atoms with Gasteiger partial charge in [-0.3, -0.25) is 4.79 Å². The highest BCUT2D eigenvalue weighted by molar-refractivity contribution is 5.78. The maximum Gasteiger partial charge on any atom is 0.224 e. The molecule has 2 N–H and O–H groups in total. The summed E-state index contributed by atoms with van der Waals surface area (Å²) in [5.74, 6) is 0.0153. The van der Waals surface area contributed by atoms with E-state index >= 15 is 0 Å². The number of carbonyl (C=O) groups excluding carboxylic acids is 1. The topological polar surface area (TPSA) is 55.8 Å². The predicted molar refractivity (Wildman–Crippen MR) is 103 cm³/mol. The third-order valence-corrected chi connectivity index (χ3v) is 5.03. The quantitative estimate of drug-likeness (QED) is 0.628. The minimum atomic E-state index is -0.371. The number of benzene rings is 1. The van der Waals surface area contributed by atoms with Crippen molar-refractivity contribution in [1.82, 2.24) is 15.3 Å². The number of nitrogens with one attached hydrogen (secondary N) is 1. The molecular weight excluding hydrogens is 326 g/mol. The molecule has 1 aliphatic heterocycles. The van der Waals surface area contributed by atoms with E-state index in [4.69, 9.17) is 6.42 Å². The highest BCUT2D eigenvalue weighted by Gasteiger charge is 2.45. The van der Waals surface area contributed by atoms with Crippen molar-refractivity contribution in [2.45, 2.75) is 70.6 Å². The van der Waals surface area contributed by atoms with Crippen molar-refractivity contribution in [3.05, 3.63) is 35.4 Å². The molecule has 0 aromatic heterocycles. The molecule has 1 aromatic rings. The Labute approximate surface area is 157 Å². The molecule has 1 aliphatic rings. The van der Waals surface area contributed by atoms with Gasteiger partial charge in [-0.05, 0) is 51.7 Å². The van der Waals surface area contributed by atoms with Crippen molar-refractivity contribution in [3.63, 3.8) is 0 Å². The number of amides is 1. The maximum absolute atomic E-state index is 12.5.